The minimum absolute atomic E-state index is 0.596. The average molecular weight is 157 g/mol. The van der Waals surface area contributed by atoms with Gasteiger partial charge in [0.1, 0.15) is 0 Å². The summed E-state index contributed by atoms with van der Waals surface area (Å²) in [6, 6.07) is 0. The van der Waals surface area contributed by atoms with Crippen LogP contribution in [0.2, 0.25) is 0 Å². The van der Waals surface area contributed by atoms with Gasteiger partial charge in [-0.1, -0.05) is 13.8 Å². The van der Waals surface area contributed by atoms with Crippen molar-refractivity contribution in [2.24, 2.45) is 10.9 Å². The Morgan fingerprint density at radius 2 is 2.10 bits per heavy atom. The summed E-state index contributed by atoms with van der Waals surface area (Å²) in [4.78, 5) is 5.39. The molecule has 58 valence electrons. The van der Waals surface area contributed by atoms with Gasteiger partial charge in [-0.25, -0.2) is 0 Å². The second-order valence-corrected chi connectivity index (χ2v) is 3.18. The number of rotatable bonds is 3. The van der Waals surface area contributed by atoms with Gasteiger partial charge in [-0.05, 0) is 19.1 Å². The smallest absolute Gasteiger partial charge is 0.0361 e. The Morgan fingerprint density at radius 1 is 1.50 bits per heavy atom. The number of hydrogen-bond donors (Lipinski definition) is 0. The molecule has 0 aromatic rings. The second kappa shape index (κ2) is 5.54. The second-order valence-electron chi connectivity index (χ2n) is 2.30. The summed E-state index contributed by atoms with van der Waals surface area (Å²) in [7, 11) is 0. The van der Waals surface area contributed by atoms with Gasteiger partial charge in [-0.15, -0.1) is 11.8 Å². The number of thioether (sulfide) groups is 1. The zero-order valence-electron chi connectivity index (χ0n) is 7.09. The molecule has 0 bridgehead atoms. The number of nitrogens with zero attached hydrogens (tertiary/aromatic N) is 1. The molecule has 0 unspecified atom stereocenters. The molecule has 0 fully saturated rings. The van der Waals surface area contributed by atoms with E-state index in [-0.39, 0.29) is 0 Å². The maximum atomic E-state index is 4.06. The molecular weight excluding hydrogens is 142 g/mol. The van der Waals surface area contributed by atoms with Crippen LogP contribution in [0, 0.1) is 5.92 Å². The largest absolute Gasteiger partial charge is 0.269 e. The quantitative estimate of drug-likeness (QED) is 0.574. The van der Waals surface area contributed by atoms with E-state index in [1.54, 1.807) is 18.0 Å². The summed E-state index contributed by atoms with van der Waals surface area (Å²) in [5.41, 5.74) is 0. The Hall–Kier alpha value is -0.240. The van der Waals surface area contributed by atoms with Gasteiger partial charge in [0.05, 0.1) is 0 Å². The van der Waals surface area contributed by atoms with Crippen LogP contribution in [0.25, 0.3) is 0 Å². The van der Waals surface area contributed by atoms with Gasteiger partial charge in [0.25, 0.3) is 0 Å². The lowest BCUT2D eigenvalue weighted by atomic mass is 10.2. The summed E-state index contributed by atoms with van der Waals surface area (Å²) >= 11 is 1.77. The van der Waals surface area contributed by atoms with Crippen molar-refractivity contribution in [2.45, 2.75) is 20.8 Å². The fourth-order valence-electron chi connectivity index (χ4n) is 0.585. The van der Waals surface area contributed by atoms with Crippen molar-refractivity contribution in [3.05, 3.63) is 11.1 Å². The first-order valence-electron chi connectivity index (χ1n) is 3.44. The fourth-order valence-corrected chi connectivity index (χ4v) is 1.22. The van der Waals surface area contributed by atoms with Crippen LogP contribution in [0.1, 0.15) is 20.8 Å². The van der Waals surface area contributed by atoms with E-state index in [9.17, 15) is 0 Å². The fraction of sp³-hybridized carbons (Fsp3) is 0.625. The Labute approximate surface area is 67.6 Å². The zero-order chi connectivity index (χ0) is 7.98. The molecule has 0 aromatic heterocycles. The lowest BCUT2D eigenvalue weighted by Gasteiger charge is -2.04. The van der Waals surface area contributed by atoms with E-state index < -0.39 is 0 Å². The number of allylic oxidation sites excluding steroid dienone is 1. The van der Waals surface area contributed by atoms with E-state index in [0.29, 0.717) is 5.92 Å². The minimum atomic E-state index is 0.596. The molecule has 0 N–H and O–H groups in total. The van der Waals surface area contributed by atoms with Crippen LogP contribution >= 0.6 is 11.8 Å². The standard InChI is InChI=1S/C8H15NS/c1-5-9-6-8(10-4)7(2)3/h5-7H,1-4H3/b8-6-,9-5+. The maximum Gasteiger partial charge on any atom is 0.0361 e. The molecule has 0 rings (SSSR count). The highest BCUT2D eigenvalue weighted by Crippen LogP contribution is 2.20. The highest BCUT2D eigenvalue weighted by atomic mass is 32.2. The van der Waals surface area contributed by atoms with Gasteiger partial charge in [-0.2, -0.15) is 0 Å². The third-order valence-corrected chi connectivity index (χ3v) is 2.20. The van der Waals surface area contributed by atoms with Crippen molar-refractivity contribution in [3.63, 3.8) is 0 Å². The van der Waals surface area contributed by atoms with Crippen molar-refractivity contribution in [1.29, 1.82) is 0 Å². The average Bonchev–Trinajstić information content (AvgIpc) is 1.89. The summed E-state index contributed by atoms with van der Waals surface area (Å²) in [5, 5.41) is 0. The molecule has 0 spiro atoms. The van der Waals surface area contributed by atoms with Crippen LogP contribution in [-0.4, -0.2) is 12.5 Å². The molecule has 0 heterocycles. The summed E-state index contributed by atoms with van der Waals surface area (Å²) < 4.78 is 0. The van der Waals surface area contributed by atoms with E-state index in [2.05, 4.69) is 25.1 Å². The molecule has 0 saturated carbocycles. The molecule has 0 aromatic carbocycles. The van der Waals surface area contributed by atoms with E-state index in [1.807, 2.05) is 13.1 Å². The predicted molar refractivity (Wildman–Crippen MR) is 50.6 cm³/mol. The van der Waals surface area contributed by atoms with Crippen LogP contribution in [0.4, 0.5) is 0 Å². The van der Waals surface area contributed by atoms with Crippen molar-refractivity contribution in [1.82, 2.24) is 0 Å². The maximum absolute atomic E-state index is 4.06. The van der Waals surface area contributed by atoms with Gasteiger partial charge in [-0.3, -0.25) is 4.99 Å². The topological polar surface area (TPSA) is 12.4 Å². The molecule has 1 nitrogen and oxygen atoms in total. The zero-order valence-corrected chi connectivity index (χ0v) is 7.90. The van der Waals surface area contributed by atoms with E-state index in [0.717, 1.165) is 0 Å². The Balaban J connectivity index is 4.04. The van der Waals surface area contributed by atoms with E-state index in [4.69, 9.17) is 0 Å². The molecule has 2 heteroatoms. The SMILES string of the molecule is C/C=N/C=C(\SC)C(C)C. The van der Waals surface area contributed by atoms with Gasteiger partial charge in [0, 0.05) is 17.3 Å². The molecule has 10 heavy (non-hydrogen) atoms. The molecule has 0 atom stereocenters. The first-order chi connectivity index (χ1) is 4.72. The number of aliphatic imine (C=N–C) groups is 1. The van der Waals surface area contributed by atoms with Crippen LogP contribution < -0.4 is 0 Å². The first-order valence-corrected chi connectivity index (χ1v) is 4.66. The van der Waals surface area contributed by atoms with E-state index >= 15 is 0 Å². The van der Waals surface area contributed by atoms with Crippen LogP contribution in [0.3, 0.4) is 0 Å². The number of hydrogen-bond acceptors (Lipinski definition) is 2. The first kappa shape index (κ1) is 9.76. The van der Waals surface area contributed by atoms with Gasteiger partial charge in [0.15, 0.2) is 0 Å². The van der Waals surface area contributed by atoms with Crippen molar-refractivity contribution >= 4 is 18.0 Å². The van der Waals surface area contributed by atoms with Crippen molar-refractivity contribution in [3.8, 4) is 0 Å². The van der Waals surface area contributed by atoms with E-state index in [1.165, 1.54) is 4.91 Å². The Kier molecular flexibility index (Phi) is 5.40. The molecule has 0 radical (unpaired) electrons. The van der Waals surface area contributed by atoms with Crippen LogP contribution in [0.5, 0.6) is 0 Å². The normalized spacial score (nSPS) is 13.5. The third kappa shape index (κ3) is 3.72. The van der Waals surface area contributed by atoms with Crippen LogP contribution in [-0.2, 0) is 0 Å². The van der Waals surface area contributed by atoms with Gasteiger partial charge in [0.2, 0.25) is 0 Å². The summed E-state index contributed by atoms with van der Waals surface area (Å²) in [5.74, 6) is 0.596. The summed E-state index contributed by atoms with van der Waals surface area (Å²) in [6.07, 6.45) is 5.81. The van der Waals surface area contributed by atoms with Crippen LogP contribution in [0.15, 0.2) is 16.1 Å². The monoisotopic (exact) mass is 157 g/mol. The molecule has 0 aliphatic carbocycles. The summed E-state index contributed by atoms with van der Waals surface area (Å²) in [6.45, 7) is 6.27. The lowest BCUT2D eigenvalue weighted by Crippen LogP contribution is -1.87. The van der Waals surface area contributed by atoms with Gasteiger partial charge < -0.3 is 0 Å². The van der Waals surface area contributed by atoms with Gasteiger partial charge >= 0.3 is 0 Å². The van der Waals surface area contributed by atoms with Crippen molar-refractivity contribution < 1.29 is 0 Å². The Morgan fingerprint density at radius 3 is 2.40 bits per heavy atom. The minimum Gasteiger partial charge on any atom is -0.269 e. The molecular formula is C8H15NS. The molecule has 0 amide bonds. The third-order valence-electron chi connectivity index (χ3n) is 1.16. The highest BCUT2D eigenvalue weighted by Gasteiger charge is 1.98. The molecule has 0 aliphatic rings. The highest BCUT2D eigenvalue weighted by molar-refractivity contribution is 8.02. The molecule has 0 aliphatic heterocycles. The molecule has 0 saturated heterocycles. The predicted octanol–water partition coefficient (Wildman–Crippen LogP) is 2.94. The van der Waals surface area contributed by atoms with Crippen molar-refractivity contribution in [2.75, 3.05) is 6.26 Å². The Bertz CT molecular complexity index is 136. The lowest BCUT2D eigenvalue weighted by molar-refractivity contribution is 0.814.